The lowest BCUT2D eigenvalue weighted by atomic mass is 9.87. The fraction of sp³-hybridized carbons (Fsp3) is 0.818. The first-order chi connectivity index (χ1) is 38.1. The van der Waals surface area contributed by atoms with Gasteiger partial charge in [0, 0.05) is 25.2 Å². The highest BCUT2D eigenvalue weighted by Gasteiger charge is 2.38. The van der Waals surface area contributed by atoms with Gasteiger partial charge in [-0.05, 0) is 88.8 Å². The van der Waals surface area contributed by atoms with Crippen LogP contribution in [0, 0.1) is 23.7 Å². The molecule has 0 radical (unpaired) electrons. The Bertz CT molecular complexity index is 1940. The summed E-state index contributed by atoms with van der Waals surface area (Å²) in [7, 11) is 0. The predicted molar refractivity (Wildman–Crippen MR) is 297 cm³/mol. The van der Waals surface area contributed by atoms with Gasteiger partial charge in [0.15, 0.2) is 0 Å². The molecule has 25 heteroatoms. The van der Waals surface area contributed by atoms with Gasteiger partial charge in [-0.3, -0.25) is 43.7 Å². The molecule has 2 heterocycles. The van der Waals surface area contributed by atoms with Gasteiger partial charge in [0.05, 0.1) is 37.2 Å². The molecule has 2 rings (SSSR count). The van der Waals surface area contributed by atoms with Gasteiger partial charge in [0.1, 0.15) is 24.4 Å². The number of hydrogen-bond acceptors (Lipinski definition) is 17. The number of aliphatic hydroxyl groups is 2. The number of aliphatic hydroxyl groups excluding tert-OH is 2. The SMILES string of the molecule is CCCCCCCCCCCCCCCC(=O)NCC(=O)NC(C(C)C)C(O)NC(C(=O)N[C@@H](CCC(N)=O)C(=O)NC(CCC(N)=O)C(=O)NC(CC1CCNC1)C(O)CC(CCCN)C(=O)NC1CC(=O)OOC1=O)C(C)C. The van der Waals surface area contributed by atoms with Crippen molar-refractivity contribution in [2.24, 2.45) is 40.9 Å². The van der Waals surface area contributed by atoms with Crippen LogP contribution in [-0.4, -0.2) is 144 Å². The highest BCUT2D eigenvalue weighted by atomic mass is 17.2. The molecule has 0 saturated carbocycles. The molecule has 2 fully saturated rings. The lowest BCUT2D eigenvalue weighted by Crippen LogP contribution is -2.62. The molecule has 9 unspecified atom stereocenters. The Morgan fingerprint density at radius 2 is 1.23 bits per heavy atom. The lowest BCUT2D eigenvalue weighted by molar-refractivity contribution is -0.270. The average Bonchev–Trinajstić information content (AvgIpc) is 3.92. The number of nitrogens with one attached hydrogen (secondary N) is 8. The van der Waals surface area contributed by atoms with E-state index in [1.165, 1.54) is 57.8 Å². The zero-order valence-corrected chi connectivity index (χ0v) is 48.3. The number of hydrogen-bond donors (Lipinski definition) is 13. The maximum absolute atomic E-state index is 14.3. The second-order valence-corrected chi connectivity index (χ2v) is 22.3. The molecule has 0 spiro atoms. The minimum Gasteiger partial charge on any atom is -0.391 e. The summed E-state index contributed by atoms with van der Waals surface area (Å²) in [5.41, 5.74) is 16.7. The van der Waals surface area contributed by atoms with Crippen molar-refractivity contribution in [3.8, 4) is 0 Å². The van der Waals surface area contributed by atoms with E-state index in [0.29, 0.717) is 32.4 Å². The second-order valence-electron chi connectivity index (χ2n) is 22.3. The van der Waals surface area contributed by atoms with Gasteiger partial charge in [-0.1, -0.05) is 112 Å². The van der Waals surface area contributed by atoms with Crippen LogP contribution in [0.1, 0.15) is 189 Å². The molecule has 8 amide bonds. The van der Waals surface area contributed by atoms with Gasteiger partial charge in [-0.25, -0.2) is 19.4 Å². The van der Waals surface area contributed by atoms with E-state index in [4.69, 9.17) is 17.2 Å². The summed E-state index contributed by atoms with van der Waals surface area (Å²) >= 11 is 0. The van der Waals surface area contributed by atoms with Crippen molar-refractivity contribution in [1.29, 1.82) is 0 Å². The van der Waals surface area contributed by atoms with Crippen LogP contribution in [-0.2, 0) is 57.7 Å². The Hall–Kier alpha value is -5.50. The number of primary amides is 2. The summed E-state index contributed by atoms with van der Waals surface area (Å²) < 4.78 is 0. The van der Waals surface area contributed by atoms with E-state index in [2.05, 4.69) is 59.2 Å². The first-order valence-electron chi connectivity index (χ1n) is 29.3. The van der Waals surface area contributed by atoms with Crippen molar-refractivity contribution in [3.63, 3.8) is 0 Å². The third kappa shape index (κ3) is 29.3. The Kier molecular flexibility index (Phi) is 35.1. The Balaban J connectivity index is 2.15. The number of amides is 8. The molecule has 0 bridgehead atoms. The van der Waals surface area contributed by atoms with Crippen LogP contribution >= 0.6 is 0 Å². The number of carbonyl (C=O) groups is 10. The van der Waals surface area contributed by atoms with Gasteiger partial charge in [0.25, 0.3) is 0 Å². The average molecular weight is 1140 g/mol. The molecule has 2 aliphatic rings. The van der Waals surface area contributed by atoms with Crippen LogP contribution in [0.25, 0.3) is 0 Å². The van der Waals surface area contributed by atoms with Gasteiger partial charge < -0.3 is 64.6 Å². The molecule has 458 valence electrons. The monoisotopic (exact) mass is 1140 g/mol. The van der Waals surface area contributed by atoms with E-state index >= 15 is 0 Å². The summed E-state index contributed by atoms with van der Waals surface area (Å²) in [6.07, 6.45) is 11.9. The van der Waals surface area contributed by atoms with Crippen LogP contribution in [0.2, 0.25) is 0 Å². The standard InChI is InChI=1S/C55H99N11O14/c1-6-7-8-9-10-11-12-13-14-15-16-17-18-21-45(70)60-33-46(71)65-48(34(2)3)54(77)66-49(35(4)5)53(76)62-39(23-25-44(58)69)51(74)61-38(22-24-43(57)68)52(75)63-40(29-36-26-28-59-32-36)42(67)30-37(20-19-27-56)50(73)64-41-31-47(72)79-80-55(41)78/h34-42,48-49,54,59,66-67,77H,6-33,56H2,1-5H3,(H2,57,68)(H2,58,69)(H,60,70)(H,61,74)(H,62,76)(H,63,75)(H,64,73)(H,65,71)/t36?,37?,38?,39-,40?,41?,42?,48?,49?,54?/m0/s1. The molecule has 25 nitrogen and oxygen atoms in total. The topological polar surface area (TPSA) is 404 Å². The molecular weight excluding hydrogens is 1040 g/mol. The van der Waals surface area contributed by atoms with E-state index in [1.54, 1.807) is 27.7 Å². The molecule has 0 aliphatic carbocycles. The van der Waals surface area contributed by atoms with Gasteiger partial charge >= 0.3 is 11.9 Å². The van der Waals surface area contributed by atoms with Gasteiger partial charge in [-0.15, -0.1) is 0 Å². The van der Waals surface area contributed by atoms with E-state index in [0.717, 1.165) is 19.3 Å². The van der Waals surface area contributed by atoms with Crippen molar-refractivity contribution >= 4 is 59.2 Å². The Morgan fingerprint density at radius 3 is 1.75 bits per heavy atom. The fourth-order valence-corrected chi connectivity index (χ4v) is 9.80. The van der Waals surface area contributed by atoms with Crippen molar-refractivity contribution in [3.05, 3.63) is 0 Å². The Morgan fingerprint density at radius 1 is 0.662 bits per heavy atom. The summed E-state index contributed by atoms with van der Waals surface area (Å²) in [5, 5.41) is 45.2. The highest BCUT2D eigenvalue weighted by molar-refractivity contribution is 5.94. The summed E-state index contributed by atoms with van der Waals surface area (Å²) in [4.78, 5) is 139. The van der Waals surface area contributed by atoms with Crippen LogP contribution in [0.3, 0.4) is 0 Å². The molecule has 0 aromatic heterocycles. The third-order valence-electron chi connectivity index (χ3n) is 14.6. The largest absolute Gasteiger partial charge is 0.391 e. The summed E-state index contributed by atoms with van der Waals surface area (Å²) in [6, 6.07) is -7.50. The molecule has 2 aliphatic heterocycles. The molecule has 0 aromatic carbocycles. The minimum absolute atomic E-state index is 0.0364. The molecule has 0 aromatic rings. The molecule has 80 heavy (non-hydrogen) atoms. The first kappa shape index (κ1) is 70.6. The summed E-state index contributed by atoms with van der Waals surface area (Å²) in [5.74, 6) is -9.46. The number of rotatable bonds is 44. The summed E-state index contributed by atoms with van der Waals surface area (Å²) in [6.45, 7) is 10.1. The second kappa shape index (κ2) is 39.8. The quantitative estimate of drug-likeness (QED) is 0.0226. The number of unbranched alkanes of at least 4 members (excludes halogenated alkanes) is 12. The van der Waals surface area contributed by atoms with E-state index in [-0.39, 0.29) is 82.2 Å². The van der Waals surface area contributed by atoms with Crippen molar-refractivity contribution in [2.75, 3.05) is 26.2 Å². The van der Waals surface area contributed by atoms with Crippen LogP contribution in [0.5, 0.6) is 0 Å². The van der Waals surface area contributed by atoms with Crippen molar-refractivity contribution < 1.29 is 67.9 Å². The smallest absolute Gasteiger partial charge is 0.378 e. The molecule has 10 atom stereocenters. The minimum atomic E-state index is -1.51. The first-order valence-corrected chi connectivity index (χ1v) is 29.3. The zero-order valence-electron chi connectivity index (χ0n) is 48.3. The van der Waals surface area contributed by atoms with Gasteiger partial charge in [-0.2, -0.15) is 0 Å². The zero-order chi connectivity index (χ0) is 59.6. The van der Waals surface area contributed by atoms with E-state index < -0.39 is 120 Å². The Labute approximate surface area is 472 Å². The highest BCUT2D eigenvalue weighted by Crippen LogP contribution is 2.23. The number of nitrogens with two attached hydrogens (primary N) is 3. The maximum Gasteiger partial charge on any atom is 0.378 e. The molecule has 16 N–H and O–H groups in total. The molecule has 2 saturated heterocycles. The third-order valence-corrected chi connectivity index (χ3v) is 14.6. The molecular formula is C55H99N11O14. The maximum atomic E-state index is 14.3. The lowest BCUT2D eigenvalue weighted by Gasteiger charge is -2.33. The van der Waals surface area contributed by atoms with Crippen molar-refractivity contribution in [2.45, 2.75) is 237 Å². The van der Waals surface area contributed by atoms with Gasteiger partial charge in [0.2, 0.25) is 47.3 Å². The predicted octanol–water partition coefficient (Wildman–Crippen LogP) is 0.638. The van der Waals surface area contributed by atoms with Crippen LogP contribution in [0.15, 0.2) is 0 Å². The van der Waals surface area contributed by atoms with Crippen LogP contribution in [0.4, 0.5) is 0 Å². The van der Waals surface area contributed by atoms with Crippen LogP contribution < -0.4 is 59.7 Å². The normalized spacial score (nSPS) is 18.3. The van der Waals surface area contributed by atoms with E-state index in [1.807, 2.05) is 0 Å². The number of carbonyl (C=O) groups excluding carboxylic acids is 10. The van der Waals surface area contributed by atoms with E-state index in [9.17, 15) is 58.2 Å². The fourth-order valence-electron chi connectivity index (χ4n) is 9.80. The van der Waals surface area contributed by atoms with Crippen molar-refractivity contribution in [1.82, 2.24) is 42.5 Å².